The molecule has 2 heterocycles. The SMILES string of the molecule is Cc1ccc(NC(=O)C2CC(c3ccc(NC4CCCC4)cc3)C3Cc4ccccc4C(=O)N3C2)cc1C(F)(F)F. The van der Waals surface area contributed by atoms with Gasteiger partial charge in [0, 0.05) is 41.5 Å². The number of aryl methyl sites for hydroxylation is 1. The number of halogens is 3. The van der Waals surface area contributed by atoms with Crippen molar-refractivity contribution in [1.82, 2.24) is 4.90 Å². The van der Waals surface area contributed by atoms with Crippen LogP contribution in [0, 0.1) is 12.8 Å². The van der Waals surface area contributed by atoms with Crippen molar-refractivity contribution in [3.05, 3.63) is 94.5 Å². The Morgan fingerprint density at radius 2 is 1.66 bits per heavy atom. The zero-order valence-corrected chi connectivity index (χ0v) is 23.0. The van der Waals surface area contributed by atoms with E-state index < -0.39 is 17.7 Å². The molecular formula is C33H34F3N3O2. The third-order valence-electron chi connectivity index (χ3n) is 9.00. The summed E-state index contributed by atoms with van der Waals surface area (Å²) in [6, 6.07) is 20.1. The van der Waals surface area contributed by atoms with Gasteiger partial charge in [0.15, 0.2) is 0 Å². The fourth-order valence-electron chi connectivity index (χ4n) is 6.83. The van der Waals surface area contributed by atoms with Crippen LogP contribution in [-0.2, 0) is 17.4 Å². The zero-order chi connectivity index (χ0) is 28.7. The number of alkyl halides is 3. The van der Waals surface area contributed by atoms with Gasteiger partial charge >= 0.3 is 6.18 Å². The summed E-state index contributed by atoms with van der Waals surface area (Å²) < 4.78 is 40.5. The number of hydrogen-bond donors (Lipinski definition) is 2. The molecule has 5 nitrogen and oxygen atoms in total. The molecule has 3 aromatic carbocycles. The van der Waals surface area contributed by atoms with Gasteiger partial charge in [0.05, 0.1) is 11.5 Å². The Labute approximate surface area is 238 Å². The maximum Gasteiger partial charge on any atom is 0.416 e. The van der Waals surface area contributed by atoms with Crippen molar-refractivity contribution in [2.75, 3.05) is 17.2 Å². The predicted molar refractivity (Wildman–Crippen MR) is 153 cm³/mol. The van der Waals surface area contributed by atoms with E-state index in [-0.39, 0.29) is 41.6 Å². The van der Waals surface area contributed by atoms with Crippen LogP contribution >= 0.6 is 0 Å². The molecule has 1 saturated heterocycles. The van der Waals surface area contributed by atoms with Crippen LogP contribution in [0.5, 0.6) is 0 Å². The third-order valence-corrected chi connectivity index (χ3v) is 9.00. The Kier molecular flexibility index (Phi) is 7.26. The van der Waals surface area contributed by atoms with E-state index in [0.29, 0.717) is 24.4 Å². The standard InChI is InChI=1S/C33H34F3N3O2/c1-20-10-13-26(18-29(20)33(34,35)36)38-31(40)23-16-28(21-11-14-25(15-12-21)37-24-7-3-4-8-24)30-17-22-6-2-5-9-27(22)32(41)39(30)19-23/h2,5-6,9-15,18,23-24,28,30,37H,3-4,7-8,16-17,19H2,1H3,(H,38,40). The van der Waals surface area contributed by atoms with E-state index in [1.54, 1.807) is 0 Å². The lowest BCUT2D eigenvalue weighted by molar-refractivity contribution is -0.138. The van der Waals surface area contributed by atoms with Gasteiger partial charge in [-0.2, -0.15) is 13.2 Å². The number of fused-ring (bicyclic) bond motifs is 2. The Balaban J connectivity index is 1.28. The molecule has 2 fully saturated rings. The second-order valence-corrected chi connectivity index (χ2v) is 11.7. The lowest BCUT2D eigenvalue weighted by Gasteiger charge is -2.47. The molecule has 0 aromatic heterocycles. The van der Waals surface area contributed by atoms with E-state index in [4.69, 9.17) is 0 Å². The number of rotatable bonds is 5. The lowest BCUT2D eigenvalue weighted by atomic mass is 9.74. The molecule has 3 unspecified atom stereocenters. The maximum absolute atomic E-state index is 13.7. The van der Waals surface area contributed by atoms with E-state index in [1.807, 2.05) is 29.2 Å². The zero-order valence-electron chi connectivity index (χ0n) is 23.0. The summed E-state index contributed by atoms with van der Waals surface area (Å²) in [7, 11) is 0. The average Bonchev–Trinajstić information content (AvgIpc) is 3.47. The predicted octanol–water partition coefficient (Wildman–Crippen LogP) is 7.18. The molecule has 0 bridgehead atoms. The highest BCUT2D eigenvalue weighted by Gasteiger charge is 2.45. The minimum absolute atomic E-state index is 0.0962. The second-order valence-electron chi connectivity index (χ2n) is 11.7. The van der Waals surface area contributed by atoms with Crippen molar-refractivity contribution in [2.24, 2.45) is 5.92 Å². The summed E-state index contributed by atoms with van der Waals surface area (Å²) in [5, 5.41) is 6.33. The number of amides is 2. The summed E-state index contributed by atoms with van der Waals surface area (Å²) in [4.78, 5) is 29.0. The van der Waals surface area contributed by atoms with E-state index in [1.165, 1.54) is 44.7 Å². The maximum atomic E-state index is 13.7. The highest BCUT2D eigenvalue weighted by molar-refractivity contribution is 5.98. The van der Waals surface area contributed by atoms with Crippen LogP contribution in [0.3, 0.4) is 0 Å². The first-order chi connectivity index (χ1) is 19.7. The number of hydrogen-bond acceptors (Lipinski definition) is 3. The van der Waals surface area contributed by atoms with Crippen LogP contribution < -0.4 is 10.6 Å². The normalized spacial score (nSPS) is 22.7. The average molecular weight is 562 g/mol. The molecule has 2 amide bonds. The molecule has 0 radical (unpaired) electrons. The van der Waals surface area contributed by atoms with Gasteiger partial charge in [0.1, 0.15) is 0 Å². The van der Waals surface area contributed by atoms with Crippen molar-refractivity contribution in [3.63, 3.8) is 0 Å². The molecule has 214 valence electrons. The van der Waals surface area contributed by atoms with Crippen molar-refractivity contribution in [3.8, 4) is 0 Å². The summed E-state index contributed by atoms with van der Waals surface area (Å²) in [5.41, 5.74) is 3.19. The van der Waals surface area contributed by atoms with Crippen LogP contribution in [0.25, 0.3) is 0 Å². The first-order valence-electron chi connectivity index (χ1n) is 14.4. The number of anilines is 2. The number of nitrogens with zero attached hydrogens (tertiary/aromatic N) is 1. The van der Waals surface area contributed by atoms with Gasteiger partial charge in [0.2, 0.25) is 5.91 Å². The molecule has 3 atom stereocenters. The number of benzene rings is 3. The molecule has 1 saturated carbocycles. The summed E-state index contributed by atoms with van der Waals surface area (Å²) in [6.07, 6.45) is 1.51. The van der Waals surface area contributed by atoms with E-state index in [0.717, 1.165) is 22.9 Å². The van der Waals surface area contributed by atoms with Gasteiger partial charge in [-0.1, -0.05) is 49.2 Å². The van der Waals surface area contributed by atoms with E-state index in [2.05, 4.69) is 34.9 Å². The summed E-state index contributed by atoms with van der Waals surface area (Å²) in [5.74, 6) is -1.15. The number of carbonyl (C=O) groups excluding carboxylic acids is 2. The largest absolute Gasteiger partial charge is 0.416 e. The number of nitrogens with one attached hydrogen (secondary N) is 2. The number of carbonyl (C=O) groups is 2. The van der Waals surface area contributed by atoms with Gasteiger partial charge in [-0.3, -0.25) is 9.59 Å². The monoisotopic (exact) mass is 561 g/mol. The van der Waals surface area contributed by atoms with Gasteiger partial charge in [-0.25, -0.2) is 0 Å². The fourth-order valence-corrected chi connectivity index (χ4v) is 6.83. The lowest BCUT2D eigenvalue weighted by Crippen LogP contribution is -2.56. The quantitative estimate of drug-likeness (QED) is 0.347. The minimum Gasteiger partial charge on any atom is -0.382 e. The summed E-state index contributed by atoms with van der Waals surface area (Å²) in [6.45, 7) is 1.62. The van der Waals surface area contributed by atoms with E-state index in [9.17, 15) is 22.8 Å². The van der Waals surface area contributed by atoms with Crippen LogP contribution in [0.2, 0.25) is 0 Å². The molecule has 3 aliphatic rings. The topological polar surface area (TPSA) is 61.4 Å². The van der Waals surface area contributed by atoms with Crippen molar-refractivity contribution < 1.29 is 22.8 Å². The molecular weight excluding hydrogens is 527 g/mol. The van der Waals surface area contributed by atoms with Gasteiger partial charge in [0.25, 0.3) is 5.91 Å². The van der Waals surface area contributed by atoms with Crippen LogP contribution in [-0.4, -0.2) is 35.3 Å². The van der Waals surface area contributed by atoms with Gasteiger partial charge in [-0.15, -0.1) is 0 Å². The molecule has 0 spiro atoms. The molecule has 3 aromatic rings. The molecule has 41 heavy (non-hydrogen) atoms. The third kappa shape index (κ3) is 5.56. The van der Waals surface area contributed by atoms with Crippen LogP contribution in [0.1, 0.15) is 70.6 Å². The molecule has 6 rings (SSSR count). The Morgan fingerprint density at radius 3 is 2.39 bits per heavy atom. The first kappa shape index (κ1) is 27.4. The second kappa shape index (κ2) is 10.9. The van der Waals surface area contributed by atoms with Crippen molar-refractivity contribution in [2.45, 2.75) is 69.6 Å². The van der Waals surface area contributed by atoms with Crippen LogP contribution in [0.15, 0.2) is 66.7 Å². The van der Waals surface area contributed by atoms with Crippen molar-refractivity contribution >= 4 is 23.2 Å². The van der Waals surface area contributed by atoms with Crippen LogP contribution in [0.4, 0.5) is 24.5 Å². The molecule has 8 heteroatoms. The van der Waals surface area contributed by atoms with E-state index >= 15 is 0 Å². The highest BCUT2D eigenvalue weighted by atomic mass is 19.4. The smallest absolute Gasteiger partial charge is 0.382 e. The first-order valence-corrected chi connectivity index (χ1v) is 14.4. The Hall–Kier alpha value is -3.81. The molecule has 2 aliphatic heterocycles. The Morgan fingerprint density at radius 1 is 0.951 bits per heavy atom. The minimum atomic E-state index is -4.51. The van der Waals surface area contributed by atoms with Gasteiger partial charge < -0.3 is 15.5 Å². The Bertz CT molecular complexity index is 1450. The molecule has 1 aliphatic carbocycles. The molecule has 2 N–H and O–H groups in total. The summed E-state index contributed by atoms with van der Waals surface area (Å²) >= 11 is 0. The number of piperidine rings is 1. The fraction of sp³-hybridized carbons (Fsp3) is 0.394. The highest BCUT2D eigenvalue weighted by Crippen LogP contribution is 2.42. The van der Waals surface area contributed by atoms with Gasteiger partial charge in [-0.05, 0) is 79.6 Å². The van der Waals surface area contributed by atoms with Crippen molar-refractivity contribution in [1.29, 1.82) is 0 Å².